The van der Waals surface area contributed by atoms with E-state index in [1.54, 1.807) is 0 Å². The summed E-state index contributed by atoms with van der Waals surface area (Å²) in [6, 6.07) is 4.42. The van der Waals surface area contributed by atoms with Gasteiger partial charge in [0, 0.05) is 6.04 Å². The van der Waals surface area contributed by atoms with Gasteiger partial charge in [0.25, 0.3) is 5.91 Å². The molecular weight excluding hydrogens is 267 g/mol. The maximum absolute atomic E-state index is 12.9. The van der Waals surface area contributed by atoms with Crippen molar-refractivity contribution < 1.29 is 23.5 Å². The minimum atomic E-state index is -0.831. The fraction of sp³-hybridized carbons (Fsp3) is 0.308. The molecular formula is C13H13FN2O4. The summed E-state index contributed by atoms with van der Waals surface area (Å²) < 4.78 is 17.6. The highest BCUT2D eigenvalue weighted by molar-refractivity contribution is 5.97. The molecule has 7 heteroatoms. The Morgan fingerprint density at radius 3 is 2.70 bits per heavy atom. The van der Waals surface area contributed by atoms with Crippen molar-refractivity contribution in [1.29, 1.82) is 0 Å². The number of esters is 1. The largest absolute Gasteiger partial charge is 0.452 e. The molecule has 6 nitrogen and oxygen atoms in total. The molecule has 0 heterocycles. The summed E-state index contributed by atoms with van der Waals surface area (Å²) in [7, 11) is 0. The highest BCUT2D eigenvalue weighted by atomic mass is 19.1. The smallest absolute Gasteiger partial charge is 0.338 e. The van der Waals surface area contributed by atoms with Crippen LogP contribution in [-0.4, -0.2) is 30.6 Å². The van der Waals surface area contributed by atoms with Crippen molar-refractivity contribution in [2.24, 2.45) is 0 Å². The quantitative estimate of drug-likeness (QED) is 0.805. The molecule has 106 valence electrons. The number of carbonyl (C=O) groups is 3. The van der Waals surface area contributed by atoms with Gasteiger partial charge in [0.15, 0.2) is 6.61 Å². The Kier molecular flexibility index (Phi) is 4.29. The third-order valence-corrected chi connectivity index (χ3v) is 2.56. The number of hydrogen-bond acceptors (Lipinski definition) is 4. The minimum Gasteiger partial charge on any atom is -0.452 e. The van der Waals surface area contributed by atoms with E-state index >= 15 is 0 Å². The van der Waals surface area contributed by atoms with Crippen LogP contribution in [0.2, 0.25) is 0 Å². The number of benzene rings is 1. The summed E-state index contributed by atoms with van der Waals surface area (Å²) in [5.41, 5.74) is 0.000215. The van der Waals surface area contributed by atoms with Gasteiger partial charge in [0.2, 0.25) is 0 Å². The number of ether oxygens (including phenoxy) is 1. The van der Waals surface area contributed by atoms with Gasteiger partial charge in [-0.3, -0.25) is 10.1 Å². The molecule has 20 heavy (non-hydrogen) atoms. The summed E-state index contributed by atoms with van der Waals surface area (Å²) in [6.07, 6.45) is 1.80. The van der Waals surface area contributed by atoms with Gasteiger partial charge < -0.3 is 10.1 Å². The summed E-state index contributed by atoms with van der Waals surface area (Å²) >= 11 is 0. The molecule has 3 amide bonds. The second kappa shape index (κ2) is 6.14. The van der Waals surface area contributed by atoms with E-state index in [1.807, 2.05) is 5.32 Å². The molecule has 0 bridgehead atoms. The summed E-state index contributed by atoms with van der Waals surface area (Å²) in [5.74, 6) is -2.15. The monoisotopic (exact) mass is 280 g/mol. The Bertz CT molecular complexity index is 543. The van der Waals surface area contributed by atoms with E-state index in [9.17, 15) is 18.8 Å². The maximum atomic E-state index is 12.9. The van der Waals surface area contributed by atoms with Crippen LogP contribution in [-0.2, 0) is 9.53 Å². The van der Waals surface area contributed by atoms with E-state index in [0.717, 1.165) is 18.9 Å². The first-order valence-electron chi connectivity index (χ1n) is 6.07. The number of nitrogens with one attached hydrogen (secondary N) is 2. The average molecular weight is 280 g/mol. The second-order valence-electron chi connectivity index (χ2n) is 4.38. The Morgan fingerprint density at radius 2 is 2.05 bits per heavy atom. The summed E-state index contributed by atoms with van der Waals surface area (Å²) in [4.78, 5) is 34.1. The molecule has 1 aliphatic rings. The first-order chi connectivity index (χ1) is 9.54. The Labute approximate surface area is 114 Å². The van der Waals surface area contributed by atoms with Gasteiger partial charge in [0.1, 0.15) is 5.82 Å². The number of imide groups is 1. The van der Waals surface area contributed by atoms with Gasteiger partial charge in [-0.25, -0.2) is 14.0 Å². The van der Waals surface area contributed by atoms with Crippen molar-refractivity contribution in [3.05, 3.63) is 35.6 Å². The highest BCUT2D eigenvalue weighted by Crippen LogP contribution is 2.18. The number of halogens is 1. The van der Waals surface area contributed by atoms with E-state index in [2.05, 4.69) is 10.1 Å². The van der Waals surface area contributed by atoms with Crippen molar-refractivity contribution in [1.82, 2.24) is 10.6 Å². The third kappa shape index (κ3) is 4.34. The van der Waals surface area contributed by atoms with Gasteiger partial charge in [0.05, 0.1) is 5.56 Å². The molecule has 0 aromatic heterocycles. The molecule has 0 radical (unpaired) electrons. The normalized spacial score (nSPS) is 13.4. The lowest BCUT2D eigenvalue weighted by Gasteiger charge is -2.06. The van der Waals surface area contributed by atoms with Crippen LogP contribution < -0.4 is 10.6 Å². The Hall–Kier alpha value is -2.44. The van der Waals surface area contributed by atoms with Crippen molar-refractivity contribution in [3.8, 4) is 0 Å². The number of carbonyl (C=O) groups excluding carboxylic acids is 3. The predicted molar refractivity (Wildman–Crippen MR) is 66.4 cm³/mol. The zero-order valence-electron chi connectivity index (χ0n) is 10.5. The van der Waals surface area contributed by atoms with Gasteiger partial charge in [-0.2, -0.15) is 0 Å². The van der Waals surface area contributed by atoms with Crippen molar-refractivity contribution in [2.75, 3.05) is 6.61 Å². The fourth-order valence-electron chi connectivity index (χ4n) is 1.44. The number of urea groups is 1. The standard InChI is InChI=1S/C13H13FN2O4/c14-9-3-1-2-8(6-9)12(18)20-7-11(17)16-13(19)15-10-4-5-10/h1-3,6,10H,4-5,7H2,(H2,15,16,17,19). The molecule has 1 aliphatic carbocycles. The highest BCUT2D eigenvalue weighted by Gasteiger charge is 2.24. The molecule has 2 N–H and O–H groups in total. The van der Waals surface area contributed by atoms with E-state index in [4.69, 9.17) is 0 Å². The van der Waals surface area contributed by atoms with E-state index in [0.29, 0.717) is 0 Å². The molecule has 1 fully saturated rings. The zero-order chi connectivity index (χ0) is 14.5. The van der Waals surface area contributed by atoms with Crippen molar-refractivity contribution in [2.45, 2.75) is 18.9 Å². The van der Waals surface area contributed by atoms with Crippen LogP contribution >= 0.6 is 0 Å². The second-order valence-corrected chi connectivity index (χ2v) is 4.38. The van der Waals surface area contributed by atoms with Crippen LogP contribution in [0.5, 0.6) is 0 Å². The first kappa shape index (κ1) is 14.0. The van der Waals surface area contributed by atoms with Crippen LogP contribution in [0.4, 0.5) is 9.18 Å². The molecule has 1 aromatic rings. The minimum absolute atomic E-state index is 0.000215. The lowest BCUT2D eigenvalue weighted by Crippen LogP contribution is -2.42. The van der Waals surface area contributed by atoms with Crippen LogP contribution in [0.1, 0.15) is 23.2 Å². The molecule has 0 spiro atoms. The first-order valence-corrected chi connectivity index (χ1v) is 6.07. The number of amides is 3. The maximum Gasteiger partial charge on any atom is 0.338 e. The number of rotatable bonds is 4. The molecule has 0 saturated heterocycles. The molecule has 0 aliphatic heterocycles. The third-order valence-electron chi connectivity index (χ3n) is 2.56. The van der Waals surface area contributed by atoms with Crippen molar-refractivity contribution in [3.63, 3.8) is 0 Å². The van der Waals surface area contributed by atoms with Gasteiger partial charge in [-0.05, 0) is 31.0 Å². The van der Waals surface area contributed by atoms with Crippen LogP contribution in [0.3, 0.4) is 0 Å². The molecule has 2 rings (SSSR count). The fourth-order valence-corrected chi connectivity index (χ4v) is 1.44. The number of hydrogen-bond donors (Lipinski definition) is 2. The molecule has 1 aromatic carbocycles. The Balaban J connectivity index is 1.74. The predicted octanol–water partition coefficient (Wildman–Crippen LogP) is 0.971. The van der Waals surface area contributed by atoms with Crippen LogP contribution in [0.25, 0.3) is 0 Å². The van der Waals surface area contributed by atoms with Crippen molar-refractivity contribution >= 4 is 17.9 Å². The van der Waals surface area contributed by atoms with Crippen LogP contribution in [0.15, 0.2) is 24.3 Å². The van der Waals surface area contributed by atoms with Gasteiger partial charge in [-0.15, -0.1) is 0 Å². The zero-order valence-corrected chi connectivity index (χ0v) is 10.5. The van der Waals surface area contributed by atoms with E-state index in [1.165, 1.54) is 18.2 Å². The van der Waals surface area contributed by atoms with Gasteiger partial charge in [-0.1, -0.05) is 6.07 Å². The van der Waals surface area contributed by atoms with Gasteiger partial charge >= 0.3 is 12.0 Å². The Morgan fingerprint density at radius 1 is 1.30 bits per heavy atom. The summed E-state index contributed by atoms with van der Waals surface area (Å²) in [5, 5.41) is 4.58. The lowest BCUT2D eigenvalue weighted by molar-refractivity contribution is -0.123. The van der Waals surface area contributed by atoms with Crippen LogP contribution in [0, 0.1) is 5.82 Å². The molecule has 0 atom stereocenters. The summed E-state index contributed by atoms with van der Waals surface area (Å²) in [6.45, 7) is -0.604. The molecule has 1 saturated carbocycles. The average Bonchev–Trinajstić information content (AvgIpc) is 3.19. The lowest BCUT2D eigenvalue weighted by atomic mass is 10.2. The SMILES string of the molecule is O=C(COC(=O)c1cccc(F)c1)NC(=O)NC1CC1. The molecule has 0 unspecified atom stereocenters. The van der Waals surface area contributed by atoms with E-state index < -0.39 is 30.3 Å². The van der Waals surface area contributed by atoms with E-state index in [-0.39, 0.29) is 11.6 Å². The topological polar surface area (TPSA) is 84.5 Å².